The molecule has 2 rings (SSSR count). The molecular formula is C9H18ClN3O. The predicted octanol–water partition coefficient (Wildman–Crippen LogP) is 0.575. The highest BCUT2D eigenvalue weighted by Crippen LogP contribution is 2.08. The predicted molar refractivity (Wildman–Crippen MR) is 57.9 cm³/mol. The molecule has 0 saturated carbocycles. The maximum Gasteiger partial charge on any atom is 0.317 e. The van der Waals surface area contributed by atoms with Crippen molar-refractivity contribution in [3.05, 3.63) is 0 Å². The van der Waals surface area contributed by atoms with Gasteiger partial charge >= 0.3 is 6.03 Å². The quantitative estimate of drug-likeness (QED) is 0.678. The molecule has 2 heterocycles. The largest absolute Gasteiger partial charge is 0.334 e. The summed E-state index contributed by atoms with van der Waals surface area (Å²) in [6.07, 6.45) is 3.40. The van der Waals surface area contributed by atoms with Gasteiger partial charge in [-0.15, -0.1) is 12.4 Å². The lowest BCUT2D eigenvalue weighted by Gasteiger charge is -2.19. The van der Waals surface area contributed by atoms with E-state index in [0.717, 1.165) is 45.4 Å². The van der Waals surface area contributed by atoms with Crippen molar-refractivity contribution in [3.63, 3.8) is 0 Å². The van der Waals surface area contributed by atoms with Crippen LogP contribution in [0.2, 0.25) is 0 Å². The van der Waals surface area contributed by atoms with Crippen LogP contribution in [0.3, 0.4) is 0 Å². The van der Waals surface area contributed by atoms with Gasteiger partial charge in [0.15, 0.2) is 0 Å². The zero-order chi connectivity index (χ0) is 9.10. The summed E-state index contributed by atoms with van der Waals surface area (Å²) in [6.45, 7) is 3.84. The Balaban J connectivity index is 0.000000980. The first-order valence-electron chi connectivity index (χ1n) is 5.12. The number of carbonyl (C=O) groups is 1. The lowest BCUT2D eigenvalue weighted by Crippen LogP contribution is -2.44. The Hall–Kier alpha value is -0.480. The Morgan fingerprint density at radius 3 is 2.64 bits per heavy atom. The van der Waals surface area contributed by atoms with Crippen LogP contribution in [0.25, 0.3) is 0 Å². The first-order chi connectivity index (χ1) is 6.36. The van der Waals surface area contributed by atoms with Crippen LogP contribution < -0.4 is 10.6 Å². The molecule has 0 spiro atoms. The second-order valence-electron chi connectivity index (χ2n) is 3.83. The van der Waals surface area contributed by atoms with Gasteiger partial charge in [-0.2, -0.15) is 0 Å². The zero-order valence-electron chi connectivity index (χ0n) is 8.29. The topological polar surface area (TPSA) is 44.4 Å². The highest BCUT2D eigenvalue weighted by atomic mass is 35.5. The first kappa shape index (κ1) is 11.6. The molecule has 4 nitrogen and oxygen atoms in total. The summed E-state index contributed by atoms with van der Waals surface area (Å²) in [4.78, 5) is 13.5. The van der Waals surface area contributed by atoms with Crippen LogP contribution in [0.5, 0.6) is 0 Å². The normalized spacial score (nSPS) is 26.0. The Kier molecular flexibility index (Phi) is 4.48. The second-order valence-corrected chi connectivity index (χ2v) is 3.83. The number of halogens is 1. The highest BCUT2D eigenvalue weighted by Gasteiger charge is 2.22. The van der Waals surface area contributed by atoms with Gasteiger partial charge in [-0.05, 0) is 25.8 Å². The van der Waals surface area contributed by atoms with Crippen molar-refractivity contribution in [1.82, 2.24) is 15.5 Å². The van der Waals surface area contributed by atoms with Crippen LogP contribution >= 0.6 is 12.4 Å². The molecule has 0 aromatic heterocycles. The minimum Gasteiger partial charge on any atom is -0.334 e. The van der Waals surface area contributed by atoms with Crippen LogP contribution in [0, 0.1) is 0 Å². The molecule has 0 unspecified atom stereocenters. The summed E-state index contributed by atoms with van der Waals surface area (Å²) in [5, 5.41) is 6.28. The molecule has 0 radical (unpaired) electrons. The van der Waals surface area contributed by atoms with Gasteiger partial charge in [0, 0.05) is 25.7 Å². The van der Waals surface area contributed by atoms with E-state index in [1.807, 2.05) is 4.90 Å². The number of nitrogens with one attached hydrogen (secondary N) is 2. The van der Waals surface area contributed by atoms with Gasteiger partial charge in [-0.1, -0.05) is 0 Å². The molecule has 0 aromatic carbocycles. The molecule has 0 bridgehead atoms. The van der Waals surface area contributed by atoms with Crippen molar-refractivity contribution in [1.29, 1.82) is 0 Å². The third-order valence-corrected chi connectivity index (χ3v) is 2.78. The molecule has 2 N–H and O–H groups in total. The summed E-state index contributed by atoms with van der Waals surface area (Å²) in [5.41, 5.74) is 0. The number of likely N-dealkylation sites (tertiary alicyclic amines) is 1. The van der Waals surface area contributed by atoms with E-state index < -0.39 is 0 Å². The van der Waals surface area contributed by atoms with Crippen molar-refractivity contribution in [2.24, 2.45) is 0 Å². The molecule has 1 atom stereocenters. The Morgan fingerprint density at radius 1 is 1.36 bits per heavy atom. The third kappa shape index (κ3) is 2.75. The third-order valence-electron chi connectivity index (χ3n) is 2.78. The van der Waals surface area contributed by atoms with Crippen molar-refractivity contribution in [2.45, 2.75) is 25.3 Å². The summed E-state index contributed by atoms with van der Waals surface area (Å²) in [5.74, 6) is 0. The molecule has 14 heavy (non-hydrogen) atoms. The maximum absolute atomic E-state index is 11.6. The number of urea groups is 1. The van der Waals surface area contributed by atoms with E-state index in [1.54, 1.807) is 0 Å². The smallest absolute Gasteiger partial charge is 0.317 e. The van der Waals surface area contributed by atoms with Gasteiger partial charge in [-0.3, -0.25) is 0 Å². The average molecular weight is 220 g/mol. The molecule has 5 heteroatoms. The molecule has 2 aliphatic rings. The molecule has 2 aliphatic heterocycles. The summed E-state index contributed by atoms with van der Waals surface area (Å²) in [6, 6.07) is 0.485. The van der Waals surface area contributed by atoms with E-state index in [-0.39, 0.29) is 18.4 Å². The highest BCUT2D eigenvalue weighted by molar-refractivity contribution is 5.85. The number of carbonyl (C=O) groups excluding carboxylic acids is 1. The summed E-state index contributed by atoms with van der Waals surface area (Å²) >= 11 is 0. The molecule has 82 valence electrons. The molecule has 2 saturated heterocycles. The first-order valence-corrected chi connectivity index (χ1v) is 5.12. The van der Waals surface area contributed by atoms with E-state index in [4.69, 9.17) is 0 Å². The number of hydrogen-bond acceptors (Lipinski definition) is 2. The Labute approximate surface area is 90.8 Å². The van der Waals surface area contributed by atoms with Gasteiger partial charge < -0.3 is 15.5 Å². The van der Waals surface area contributed by atoms with Crippen molar-refractivity contribution in [3.8, 4) is 0 Å². The Bertz CT molecular complexity index is 188. The monoisotopic (exact) mass is 219 g/mol. The molecular weight excluding hydrogens is 202 g/mol. The van der Waals surface area contributed by atoms with Crippen LogP contribution in [0.4, 0.5) is 4.79 Å². The lowest BCUT2D eigenvalue weighted by molar-refractivity contribution is 0.205. The van der Waals surface area contributed by atoms with E-state index >= 15 is 0 Å². The minimum atomic E-state index is 0. The summed E-state index contributed by atoms with van der Waals surface area (Å²) in [7, 11) is 0. The van der Waals surface area contributed by atoms with Crippen LogP contribution in [-0.2, 0) is 0 Å². The van der Waals surface area contributed by atoms with Gasteiger partial charge in [0.25, 0.3) is 0 Å². The summed E-state index contributed by atoms with van der Waals surface area (Å²) < 4.78 is 0. The number of amides is 2. The Morgan fingerprint density at radius 2 is 2.07 bits per heavy atom. The van der Waals surface area contributed by atoms with Gasteiger partial charge in [0.1, 0.15) is 0 Å². The fraction of sp³-hybridized carbons (Fsp3) is 0.889. The average Bonchev–Trinajstić information content (AvgIpc) is 2.74. The van der Waals surface area contributed by atoms with Gasteiger partial charge in [0.2, 0.25) is 0 Å². The van der Waals surface area contributed by atoms with Crippen molar-refractivity contribution in [2.75, 3.05) is 26.2 Å². The van der Waals surface area contributed by atoms with E-state index in [9.17, 15) is 4.79 Å². The molecule has 0 aromatic rings. The maximum atomic E-state index is 11.6. The molecule has 2 amide bonds. The van der Waals surface area contributed by atoms with E-state index in [1.165, 1.54) is 0 Å². The second kappa shape index (κ2) is 5.41. The zero-order valence-corrected chi connectivity index (χ0v) is 9.11. The number of nitrogens with zero attached hydrogens (tertiary/aromatic N) is 1. The van der Waals surface area contributed by atoms with Crippen LogP contribution in [-0.4, -0.2) is 43.2 Å². The van der Waals surface area contributed by atoms with Gasteiger partial charge in [-0.25, -0.2) is 4.79 Å². The van der Waals surface area contributed by atoms with E-state index in [0.29, 0.717) is 6.04 Å². The fourth-order valence-corrected chi connectivity index (χ4v) is 1.96. The van der Waals surface area contributed by atoms with Crippen LogP contribution in [0.15, 0.2) is 0 Å². The minimum absolute atomic E-state index is 0. The van der Waals surface area contributed by atoms with Crippen LogP contribution in [0.1, 0.15) is 19.3 Å². The standard InChI is InChI=1S/C9H17N3O.ClH/c13-9(12-5-1-2-6-12)11-8-3-4-10-7-8;/h8,10H,1-7H2,(H,11,13);1H/t8-;/m1./s1. The van der Waals surface area contributed by atoms with Crippen molar-refractivity contribution < 1.29 is 4.79 Å². The fourth-order valence-electron chi connectivity index (χ4n) is 1.96. The van der Waals surface area contributed by atoms with Gasteiger partial charge in [0.05, 0.1) is 0 Å². The SMILES string of the molecule is Cl.O=C(N[C@@H]1CCNC1)N1CCCC1. The number of rotatable bonds is 1. The number of hydrogen-bond donors (Lipinski definition) is 2. The van der Waals surface area contributed by atoms with Crippen molar-refractivity contribution >= 4 is 18.4 Å². The molecule has 2 fully saturated rings. The van der Waals surface area contributed by atoms with E-state index in [2.05, 4.69) is 10.6 Å². The lowest BCUT2D eigenvalue weighted by atomic mass is 10.3. The molecule has 0 aliphatic carbocycles.